The van der Waals surface area contributed by atoms with Crippen LogP contribution in [-0.2, 0) is 14.3 Å². The Bertz CT molecular complexity index is 184. The second-order valence-electron chi connectivity index (χ2n) is 2.65. The SMILES string of the molecule is CCOC(=O)COCCNCC(F)(F)F. The van der Waals surface area contributed by atoms with Gasteiger partial charge in [-0.3, -0.25) is 0 Å². The summed E-state index contributed by atoms with van der Waals surface area (Å²) in [6.45, 7) is 0.697. The monoisotopic (exact) mass is 229 g/mol. The number of nitrogens with one attached hydrogen (secondary N) is 1. The molecule has 0 radical (unpaired) electrons. The number of ether oxygens (including phenoxy) is 2. The minimum absolute atomic E-state index is 0.0366. The number of carbonyl (C=O) groups excluding carboxylic acids is 1. The molecule has 0 spiro atoms. The van der Waals surface area contributed by atoms with Crippen molar-refractivity contribution in [3.8, 4) is 0 Å². The van der Waals surface area contributed by atoms with Crippen molar-refractivity contribution in [3.63, 3.8) is 0 Å². The average Bonchev–Trinajstić information content (AvgIpc) is 2.09. The molecule has 15 heavy (non-hydrogen) atoms. The molecule has 0 aliphatic rings. The number of carbonyl (C=O) groups is 1. The van der Waals surface area contributed by atoms with E-state index in [9.17, 15) is 18.0 Å². The lowest BCUT2D eigenvalue weighted by molar-refractivity contribution is -0.148. The van der Waals surface area contributed by atoms with Crippen LogP contribution in [0.4, 0.5) is 13.2 Å². The molecule has 0 unspecified atom stereocenters. The highest BCUT2D eigenvalue weighted by atomic mass is 19.4. The zero-order valence-electron chi connectivity index (χ0n) is 8.39. The predicted octanol–water partition coefficient (Wildman–Crippen LogP) is 0.718. The van der Waals surface area contributed by atoms with Gasteiger partial charge in [0, 0.05) is 6.54 Å². The van der Waals surface area contributed by atoms with Crippen LogP contribution in [0.15, 0.2) is 0 Å². The van der Waals surface area contributed by atoms with E-state index >= 15 is 0 Å². The summed E-state index contributed by atoms with van der Waals surface area (Å²) in [6, 6.07) is 0. The van der Waals surface area contributed by atoms with Gasteiger partial charge in [-0.15, -0.1) is 0 Å². The van der Waals surface area contributed by atoms with E-state index in [1.807, 2.05) is 0 Å². The van der Waals surface area contributed by atoms with Gasteiger partial charge < -0.3 is 14.8 Å². The van der Waals surface area contributed by atoms with Crippen molar-refractivity contribution in [1.82, 2.24) is 5.32 Å². The number of hydrogen-bond donors (Lipinski definition) is 1. The van der Waals surface area contributed by atoms with Crippen LogP contribution in [0.25, 0.3) is 0 Å². The maximum atomic E-state index is 11.6. The van der Waals surface area contributed by atoms with E-state index in [1.165, 1.54) is 0 Å². The summed E-state index contributed by atoms with van der Waals surface area (Å²) in [5.41, 5.74) is 0. The minimum Gasteiger partial charge on any atom is -0.464 e. The lowest BCUT2D eigenvalue weighted by Gasteiger charge is -2.08. The average molecular weight is 229 g/mol. The molecule has 0 saturated carbocycles. The van der Waals surface area contributed by atoms with Gasteiger partial charge in [-0.1, -0.05) is 0 Å². The van der Waals surface area contributed by atoms with Crippen molar-refractivity contribution in [2.45, 2.75) is 13.1 Å². The van der Waals surface area contributed by atoms with Crippen molar-refractivity contribution < 1.29 is 27.4 Å². The molecule has 0 aliphatic heterocycles. The summed E-state index contributed by atoms with van der Waals surface area (Å²) in [5, 5.41) is 2.13. The largest absolute Gasteiger partial charge is 0.464 e. The summed E-state index contributed by atoms with van der Waals surface area (Å²) < 4.78 is 44.1. The van der Waals surface area contributed by atoms with Crippen LogP contribution >= 0.6 is 0 Å². The molecule has 0 amide bonds. The maximum absolute atomic E-state index is 11.6. The number of hydrogen-bond acceptors (Lipinski definition) is 4. The first kappa shape index (κ1) is 14.2. The van der Waals surface area contributed by atoms with E-state index in [4.69, 9.17) is 4.74 Å². The van der Waals surface area contributed by atoms with Gasteiger partial charge in [0.15, 0.2) is 0 Å². The van der Waals surface area contributed by atoms with E-state index in [-0.39, 0.29) is 26.4 Å². The van der Waals surface area contributed by atoms with E-state index in [0.29, 0.717) is 0 Å². The molecule has 0 aliphatic carbocycles. The fourth-order valence-electron chi connectivity index (χ4n) is 0.733. The van der Waals surface area contributed by atoms with Crippen LogP contribution in [0, 0.1) is 0 Å². The van der Waals surface area contributed by atoms with Gasteiger partial charge in [0.1, 0.15) is 6.61 Å². The van der Waals surface area contributed by atoms with Gasteiger partial charge in [-0.25, -0.2) is 4.79 Å². The van der Waals surface area contributed by atoms with Gasteiger partial charge in [-0.2, -0.15) is 13.2 Å². The van der Waals surface area contributed by atoms with E-state index in [1.54, 1.807) is 6.92 Å². The Morgan fingerprint density at radius 1 is 1.40 bits per heavy atom. The number of rotatable bonds is 7. The maximum Gasteiger partial charge on any atom is 0.401 e. The summed E-state index contributed by atoms with van der Waals surface area (Å²) in [7, 11) is 0. The van der Waals surface area contributed by atoms with Crippen LogP contribution in [0.3, 0.4) is 0 Å². The second-order valence-corrected chi connectivity index (χ2v) is 2.65. The minimum atomic E-state index is -4.22. The molecule has 0 aromatic carbocycles. The molecule has 1 N–H and O–H groups in total. The quantitative estimate of drug-likeness (QED) is 0.516. The topological polar surface area (TPSA) is 47.6 Å². The Labute approximate surface area is 85.7 Å². The van der Waals surface area contributed by atoms with Crippen molar-refractivity contribution in [1.29, 1.82) is 0 Å². The Hall–Kier alpha value is -0.820. The molecule has 0 saturated heterocycles. The van der Waals surface area contributed by atoms with Crippen LogP contribution in [0.1, 0.15) is 6.92 Å². The number of halogens is 3. The first-order chi connectivity index (χ1) is 6.95. The molecule has 0 atom stereocenters. The first-order valence-electron chi connectivity index (χ1n) is 4.46. The molecular formula is C8H14F3NO3. The summed E-state index contributed by atoms with van der Waals surface area (Å²) >= 11 is 0. The van der Waals surface area contributed by atoms with Crippen molar-refractivity contribution in [2.75, 3.05) is 32.9 Å². The lowest BCUT2D eigenvalue weighted by Crippen LogP contribution is -2.31. The zero-order chi connectivity index (χ0) is 11.7. The normalized spacial score (nSPS) is 11.5. The highest BCUT2D eigenvalue weighted by Crippen LogP contribution is 2.11. The van der Waals surface area contributed by atoms with Gasteiger partial charge in [0.2, 0.25) is 0 Å². The molecule has 4 nitrogen and oxygen atoms in total. The molecule has 90 valence electrons. The Kier molecular flexibility index (Phi) is 7.06. The Morgan fingerprint density at radius 3 is 2.60 bits per heavy atom. The van der Waals surface area contributed by atoms with E-state index in [2.05, 4.69) is 10.1 Å². The van der Waals surface area contributed by atoms with Crippen molar-refractivity contribution in [2.24, 2.45) is 0 Å². The molecule has 0 fully saturated rings. The smallest absolute Gasteiger partial charge is 0.401 e. The molecule has 0 bridgehead atoms. The van der Waals surface area contributed by atoms with Crippen molar-refractivity contribution in [3.05, 3.63) is 0 Å². The van der Waals surface area contributed by atoms with Crippen molar-refractivity contribution >= 4 is 5.97 Å². The van der Waals surface area contributed by atoms with Gasteiger partial charge in [0.25, 0.3) is 0 Å². The Balaban J connectivity index is 3.22. The van der Waals surface area contributed by atoms with E-state index in [0.717, 1.165) is 0 Å². The predicted molar refractivity (Wildman–Crippen MR) is 46.4 cm³/mol. The van der Waals surface area contributed by atoms with Crippen LogP contribution in [-0.4, -0.2) is 45.1 Å². The number of esters is 1. The third kappa shape index (κ3) is 11.1. The Morgan fingerprint density at radius 2 is 2.07 bits per heavy atom. The molecular weight excluding hydrogens is 215 g/mol. The van der Waals surface area contributed by atoms with E-state index < -0.39 is 18.7 Å². The highest BCUT2D eigenvalue weighted by molar-refractivity contribution is 5.70. The third-order valence-corrected chi connectivity index (χ3v) is 1.27. The molecule has 0 heterocycles. The lowest BCUT2D eigenvalue weighted by atomic mass is 10.6. The van der Waals surface area contributed by atoms with Gasteiger partial charge >= 0.3 is 12.1 Å². The van der Waals surface area contributed by atoms with Crippen LogP contribution in [0.5, 0.6) is 0 Å². The fourth-order valence-corrected chi connectivity index (χ4v) is 0.733. The summed E-state index contributed by atoms with van der Waals surface area (Å²) in [5.74, 6) is -0.520. The standard InChI is InChI=1S/C8H14F3NO3/c1-2-15-7(13)5-14-4-3-12-6-8(9,10)11/h12H,2-6H2,1H3. The number of alkyl halides is 3. The van der Waals surface area contributed by atoms with Crippen LogP contribution < -0.4 is 5.32 Å². The zero-order valence-corrected chi connectivity index (χ0v) is 8.39. The van der Waals surface area contributed by atoms with Gasteiger partial charge in [-0.05, 0) is 6.92 Å². The highest BCUT2D eigenvalue weighted by Gasteiger charge is 2.25. The van der Waals surface area contributed by atoms with Gasteiger partial charge in [0.05, 0.1) is 19.8 Å². The second kappa shape index (κ2) is 7.47. The summed E-state index contributed by atoms with van der Waals surface area (Å²) in [4.78, 5) is 10.7. The molecule has 0 aromatic heterocycles. The molecule has 0 rings (SSSR count). The third-order valence-electron chi connectivity index (χ3n) is 1.27. The molecule has 0 aromatic rings. The first-order valence-corrected chi connectivity index (χ1v) is 4.46. The van der Waals surface area contributed by atoms with Crippen LogP contribution in [0.2, 0.25) is 0 Å². The molecule has 7 heteroatoms. The fraction of sp³-hybridized carbons (Fsp3) is 0.875. The summed E-state index contributed by atoms with van der Waals surface area (Å²) in [6.07, 6.45) is -4.22.